The van der Waals surface area contributed by atoms with E-state index in [1.54, 1.807) is 24.3 Å². The Balaban J connectivity index is 2.83. The van der Waals surface area contributed by atoms with Gasteiger partial charge in [-0.25, -0.2) is 4.79 Å². The summed E-state index contributed by atoms with van der Waals surface area (Å²) in [7, 11) is 0. The molecule has 0 fully saturated rings. The summed E-state index contributed by atoms with van der Waals surface area (Å²) in [6.07, 6.45) is 0. The minimum atomic E-state index is -1.09. The number of hydrogen-bond donors (Lipinski definition) is 1. The Labute approximate surface area is 73.0 Å². The largest absolute Gasteiger partial charge is 0.476 e. The van der Waals surface area contributed by atoms with Crippen molar-refractivity contribution in [2.45, 2.75) is 0 Å². The molecule has 0 saturated carbocycles. The number of benzene rings is 1. The molecule has 0 radical (unpaired) electrons. The van der Waals surface area contributed by atoms with E-state index in [2.05, 4.69) is 15.4 Å². The molecule has 0 aliphatic heterocycles. The van der Waals surface area contributed by atoms with E-state index in [0.717, 1.165) is 0 Å². The maximum Gasteiger partial charge on any atom is 0.357 e. The van der Waals surface area contributed by atoms with Crippen molar-refractivity contribution in [3.8, 4) is 0 Å². The summed E-state index contributed by atoms with van der Waals surface area (Å²) in [6, 6.07) is 6.84. The number of carboxylic acid groups (broad SMARTS) is 1. The summed E-state index contributed by atoms with van der Waals surface area (Å²) in [6.45, 7) is 0. The molecule has 1 heterocycles. The lowest BCUT2D eigenvalue weighted by Crippen LogP contribution is -2.04. The third-order valence-corrected chi connectivity index (χ3v) is 1.66. The van der Waals surface area contributed by atoms with Crippen LogP contribution in [-0.4, -0.2) is 26.5 Å². The van der Waals surface area contributed by atoms with Gasteiger partial charge in [0.15, 0.2) is 5.69 Å². The Morgan fingerprint density at radius 1 is 1.23 bits per heavy atom. The number of hydrogen-bond acceptors (Lipinski definition) is 4. The molecule has 1 aromatic carbocycles. The molecule has 64 valence electrons. The van der Waals surface area contributed by atoms with Crippen molar-refractivity contribution in [2.75, 3.05) is 0 Å². The van der Waals surface area contributed by atoms with Crippen LogP contribution in [0.5, 0.6) is 0 Å². The fourth-order valence-corrected chi connectivity index (χ4v) is 1.09. The van der Waals surface area contributed by atoms with Crippen LogP contribution in [0.1, 0.15) is 10.5 Å². The van der Waals surface area contributed by atoms with Crippen molar-refractivity contribution >= 4 is 16.9 Å². The molecule has 13 heavy (non-hydrogen) atoms. The molecular formula is C8H5N3O2. The second kappa shape index (κ2) is 2.78. The number of carbonyl (C=O) groups is 1. The van der Waals surface area contributed by atoms with Gasteiger partial charge in [-0.05, 0) is 11.3 Å². The first-order valence-electron chi connectivity index (χ1n) is 3.60. The number of nitrogens with zero attached hydrogens (tertiary/aromatic N) is 3. The molecule has 0 unspecified atom stereocenters. The van der Waals surface area contributed by atoms with Crippen molar-refractivity contribution < 1.29 is 9.90 Å². The zero-order valence-corrected chi connectivity index (χ0v) is 6.51. The molecule has 2 rings (SSSR count). The highest BCUT2D eigenvalue weighted by Crippen LogP contribution is 2.12. The third-order valence-electron chi connectivity index (χ3n) is 1.66. The van der Waals surface area contributed by atoms with Gasteiger partial charge in [-0.2, -0.15) is 0 Å². The van der Waals surface area contributed by atoms with Crippen LogP contribution in [0, 0.1) is 0 Å². The first-order chi connectivity index (χ1) is 6.29. The van der Waals surface area contributed by atoms with Crippen LogP contribution in [-0.2, 0) is 0 Å². The fraction of sp³-hybridized carbons (Fsp3) is 0. The van der Waals surface area contributed by atoms with E-state index in [4.69, 9.17) is 5.11 Å². The van der Waals surface area contributed by atoms with E-state index >= 15 is 0 Å². The van der Waals surface area contributed by atoms with E-state index in [9.17, 15) is 4.79 Å². The highest BCUT2D eigenvalue weighted by Gasteiger charge is 2.10. The quantitative estimate of drug-likeness (QED) is 0.691. The number of rotatable bonds is 1. The maximum absolute atomic E-state index is 10.7. The fourth-order valence-electron chi connectivity index (χ4n) is 1.09. The van der Waals surface area contributed by atoms with Crippen molar-refractivity contribution in [3.05, 3.63) is 30.0 Å². The zero-order chi connectivity index (χ0) is 9.26. The van der Waals surface area contributed by atoms with Gasteiger partial charge >= 0.3 is 5.97 Å². The predicted octanol–water partition coefficient (Wildman–Crippen LogP) is 0.723. The first-order valence-corrected chi connectivity index (χ1v) is 3.60. The monoisotopic (exact) mass is 175 g/mol. The smallest absolute Gasteiger partial charge is 0.357 e. The highest BCUT2D eigenvalue weighted by atomic mass is 16.4. The van der Waals surface area contributed by atoms with Gasteiger partial charge in [0, 0.05) is 5.39 Å². The number of aromatic carboxylic acids is 1. The van der Waals surface area contributed by atoms with Crippen LogP contribution in [0.25, 0.3) is 10.9 Å². The third kappa shape index (κ3) is 1.20. The zero-order valence-electron chi connectivity index (χ0n) is 6.51. The van der Waals surface area contributed by atoms with Crippen LogP contribution in [0.3, 0.4) is 0 Å². The van der Waals surface area contributed by atoms with Crippen LogP contribution < -0.4 is 0 Å². The topological polar surface area (TPSA) is 76.0 Å². The molecule has 5 heteroatoms. The summed E-state index contributed by atoms with van der Waals surface area (Å²) in [5.74, 6) is -1.09. The normalized spacial score (nSPS) is 10.2. The Hall–Kier alpha value is -2.04. The molecule has 0 aliphatic carbocycles. The van der Waals surface area contributed by atoms with Crippen LogP contribution in [0.15, 0.2) is 24.3 Å². The molecule has 2 aromatic rings. The van der Waals surface area contributed by atoms with E-state index in [-0.39, 0.29) is 5.69 Å². The molecule has 0 atom stereocenters. The Kier molecular flexibility index (Phi) is 1.63. The molecule has 0 aliphatic rings. The summed E-state index contributed by atoms with van der Waals surface area (Å²) >= 11 is 0. The van der Waals surface area contributed by atoms with Gasteiger partial charge in [-0.1, -0.05) is 18.2 Å². The number of fused-ring (bicyclic) bond motifs is 1. The molecule has 1 aromatic heterocycles. The highest BCUT2D eigenvalue weighted by molar-refractivity contribution is 5.99. The van der Waals surface area contributed by atoms with Gasteiger partial charge in [0.2, 0.25) is 0 Å². The number of aromatic nitrogens is 3. The van der Waals surface area contributed by atoms with Crippen LogP contribution in [0.4, 0.5) is 0 Å². The lowest BCUT2D eigenvalue weighted by atomic mass is 10.2. The average molecular weight is 175 g/mol. The van der Waals surface area contributed by atoms with Gasteiger partial charge < -0.3 is 5.11 Å². The molecule has 0 spiro atoms. The Morgan fingerprint density at radius 3 is 2.77 bits per heavy atom. The van der Waals surface area contributed by atoms with Gasteiger partial charge in [0.25, 0.3) is 0 Å². The van der Waals surface area contributed by atoms with E-state index in [1.165, 1.54) is 0 Å². The van der Waals surface area contributed by atoms with Crippen LogP contribution in [0.2, 0.25) is 0 Å². The summed E-state index contributed by atoms with van der Waals surface area (Å²) in [5.41, 5.74) is 0.473. The minimum absolute atomic E-state index is 0.0643. The van der Waals surface area contributed by atoms with Crippen molar-refractivity contribution in [2.24, 2.45) is 0 Å². The van der Waals surface area contributed by atoms with Gasteiger partial charge in [-0.15, -0.1) is 10.2 Å². The molecule has 0 saturated heterocycles. The van der Waals surface area contributed by atoms with Crippen molar-refractivity contribution in [1.82, 2.24) is 15.4 Å². The standard InChI is InChI=1S/C8H5N3O2/c12-8(13)7-5-3-1-2-4-6(5)9-11-10-7/h1-4H,(H,12,13). The second-order valence-corrected chi connectivity index (χ2v) is 2.46. The second-order valence-electron chi connectivity index (χ2n) is 2.46. The first kappa shape index (κ1) is 7.60. The minimum Gasteiger partial charge on any atom is -0.476 e. The number of carboxylic acids is 1. The molecule has 0 amide bonds. The van der Waals surface area contributed by atoms with Crippen molar-refractivity contribution in [1.29, 1.82) is 0 Å². The lowest BCUT2D eigenvalue weighted by molar-refractivity contribution is 0.0691. The predicted molar refractivity (Wildman–Crippen MR) is 44.3 cm³/mol. The average Bonchev–Trinajstić information content (AvgIpc) is 2.17. The Morgan fingerprint density at radius 2 is 2.00 bits per heavy atom. The van der Waals surface area contributed by atoms with Crippen molar-refractivity contribution in [3.63, 3.8) is 0 Å². The van der Waals surface area contributed by atoms with Crippen LogP contribution >= 0.6 is 0 Å². The molecule has 0 bridgehead atoms. The SMILES string of the molecule is O=C(O)c1nnnc2ccccc12. The van der Waals surface area contributed by atoms with Gasteiger partial charge in [0.1, 0.15) is 0 Å². The molecule has 1 N–H and O–H groups in total. The molecular weight excluding hydrogens is 170 g/mol. The Bertz CT molecular complexity index is 464. The van der Waals surface area contributed by atoms with Gasteiger partial charge in [-0.3, -0.25) is 0 Å². The summed E-state index contributed by atoms with van der Waals surface area (Å²) < 4.78 is 0. The molecule has 5 nitrogen and oxygen atoms in total. The van der Waals surface area contributed by atoms with E-state index < -0.39 is 5.97 Å². The van der Waals surface area contributed by atoms with E-state index in [0.29, 0.717) is 10.9 Å². The van der Waals surface area contributed by atoms with E-state index in [1.807, 2.05) is 0 Å². The van der Waals surface area contributed by atoms with Gasteiger partial charge in [0.05, 0.1) is 5.52 Å². The maximum atomic E-state index is 10.7. The summed E-state index contributed by atoms with van der Waals surface area (Å²) in [5, 5.41) is 19.8. The summed E-state index contributed by atoms with van der Waals surface area (Å²) in [4.78, 5) is 10.7. The lowest BCUT2D eigenvalue weighted by Gasteiger charge is -1.96.